The minimum absolute atomic E-state index is 0.0820. The van der Waals surface area contributed by atoms with Gasteiger partial charge in [-0.25, -0.2) is 4.98 Å². The van der Waals surface area contributed by atoms with E-state index in [1.165, 1.54) is 18.2 Å². The van der Waals surface area contributed by atoms with E-state index >= 15 is 0 Å². The molecule has 2 rings (SSSR count). The molecular formula is C15H14ClN3O3. The third-order valence-electron chi connectivity index (χ3n) is 2.94. The van der Waals surface area contributed by atoms with E-state index in [0.717, 1.165) is 0 Å². The molecule has 22 heavy (non-hydrogen) atoms. The van der Waals surface area contributed by atoms with Gasteiger partial charge in [0.2, 0.25) is 0 Å². The van der Waals surface area contributed by atoms with Gasteiger partial charge in [0.05, 0.1) is 10.6 Å². The molecule has 1 aromatic heterocycles. The number of rotatable bonds is 4. The summed E-state index contributed by atoms with van der Waals surface area (Å²) in [7, 11) is 0. The molecule has 1 aromatic carbocycles. The molecular weight excluding hydrogens is 306 g/mol. The maximum atomic E-state index is 11.6. The van der Waals surface area contributed by atoms with Crippen LogP contribution < -0.4 is 5.56 Å². The van der Waals surface area contributed by atoms with Crippen LogP contribution in [0.2, 0.25) is 5.02 Å². The van der Waals surface area contributed by atoms with Crippen molar-refractivity contribution in [2.24, 2.45) is 0 Å². The number of nitro benzene ring substituents is 1. The molecule has 0 aliphatic rings. The van der Waals surface area contributed by atoms with Crippen molar-refractivity contribution in [3.05, 3.63) is 66.8 Å². The molecule has 0 amide bonds. The van der Waals surface area contributed by atoms with Crippen molar-refractivity contribution in [3.63, 3.8) is 0 Å². The maximum absolute atomic E-state index is 11.6. The molecule has 0 aliphatic carbocycles. The van der Waals surface area contributed by atoms with Gasteiger partial charge in [0.25, 0.3) is 11.2 Å². The number of hydrogen-bond donors (Lipinski definition) is 1. The lowest BCUT2D eigenvalue weighted by molar-refractivity contribution is -0.384. The summed E-state index contributed by atoms with van der Waals surface area (Å²) < 4.78 is 0. The van der Waals surface area contributed by atoms with Gasteiger partial charge < -0.3 is 4.98 Å². The van der Waals surface area contributed by atoms with E-state index in [2.05, 4.69) is 9.97 Å². The Morgan fingerprint density at radius 1 is 1.32 bits per heavy atom. The Hall–Kier alpha value is -2.47. The molecule has 6 nitrogen and oxygen atoms in total. The average molecular weight is 320 g/mol. The zero-order valence-electron chi connectivity index (χ0n) is 12.0. The molecule has 1 heterocycles. The van der Waals surface area contributed by atoms with E-state index in [1.807, 2.05) is 13.8 Å². The number of nitrogens with zero attached hydrogens (tertiary/aromatic N) is 2. The van der Waals surface area contributed by atoms with Crippen LogP contribution in [0.1, 0.15) is 36.8 Å². The molecule has 0 aliphatic heterocycles. The molecule has 114 valence electrons. The van der Waals surface area contributed by atoms with Crippen LogP contribution in [0.25, 0.3) is 12.2 Å². The van der Waals surface area contributed by atoms with Gasteiger partial charge in [-0.15, -0.1) is 0 Å². The molecule has 0 saturated heterocycles. The second-order valence-electron chi connectivity index (χ2n) is 5.01. The van der Waals surface area contributed by atoms with Crippen LogP contribution in [-0.2, 0) is 0 Å². The summed E-state index contributed by atoms with van der Waals surface area (Å²) in [5.74, 6) is 0.687. The fourth-order valence-corrected chi connectivity index (χ4v) is 2.00. The van der Waals surface area contributed by atoms with Crippen molar-refractivity contribution >= 4 is 29.4 Å². The summed E-state index contributed by atoms with van der Waals surface area (Å²) >= 11 is 5.76. The van der Waals surface area contributed by atoms with Crippen LogP contribution >= 0.6 is 11.6 Å². The van der Waals surface area contributed by atoms with Crippen LogP contribution in [0.4, 0.5) is 5.69 Å². The van der Waals surface area contributed by atoms with Crippen LogP contribution in [0.3, 0.4) is 0 Å². The fraction of sp³-hybridized carbons (Fsp3) is 0.200. The predicted molar refractivity (Wildman–Crippen MR) is 86.0 cm³/mol. The predicted octanol–water partition coefficient (Wildman–Crippen LogP) is 3.63. The quantitative estimate of drug-likeness (QED) is 0.688. The summed E-state index contributed by atoms with van der Waals surface area (Å²) in [6.45, 7) is 3.85. The largest absolute Gasteiger partial charge is 0.310 e. The Morgan fingerprint density at radius 3 is 2.68 bits per heavy atom. The Bertz CT molecular complexity index is 797. The highest BCUT2D eigenvalue weighted by molar-refractivity contribution is 6.32. The highest BCUT2D eigenvalue weighted by Crippen LogP contribution is 2.25. The van der Waals surface area contributed by atoms with Crippen molar-refractivity contribution in [3.8, 4) is 0 Å². The van der Waals surface area contributed by atoms with E-state index in [4.69, 9.17) is 11.6 Å². The van der Waals surface area contributed by atoms with Gasteiger partial charge in [-0.05, 0) is 17.7 Å². The number of H-pyrrole nitrogens is 1. The van der Waals surface area contributed by atoms with Gasteiger partial charge in [0.15, 0.2) is 0 Å². The Morgan fingerprint density at radius 2 is 2.05 bits per heavy atom. The first-order valence-electron chi connectivity index (χ1n) is 6.60. The second-order valence-corrected chi connectivity index (χ2v) is 5.42. The maximum Gasteiger partial charge on any atom is 0.288 e. The summed E-state index contributed by atoms with van der Waals surface area (Å²) in [5.41, 5.74) is 0.695. The number of halogens is 1. The van der Waals surface area contributed by atoms with E-state index < -0.39 is 4.92 Å². The van der Waals surface area contributed by atoms with Gasteiger partial charge >= 0.3 is 0 Å². The molecule has 0 bridgehead atoms. The Kier molecular flexibility index (Phi) is 4.72. The molecule has 0 fully saturated rings. The molecule has 0 radical (unpaired) electrons. The second kappa shape index (κ2) is 6.53. The zero-order valence-corrected chi connectivity index (χ0v) is 12.8. The Balaban J connectivity index is 2.35. The number of aromatic amines is 1. The van der Waals surface area contributed by atoms with Gasteiger partial charge in [-0.1, -0.05) is 37.6 Å². The van der Waals surface area contributed by atoms with Crippen molar-refractivity contribution in [1.29, 1.82) is 0 Å². The SMILES string of the molecule is CC(C)c1nc(/C=C/c2ccc(Cl)c([N+](=O)[O-])c2)cc(=O)[nH]1. The molecule has 0 atom stereocenters. The van der Waals surface area contributed by atoms with Crippen LogP contribution in [-0.4, -0.2) is 14.9 Å². The lowest BCUT2D eigenvalue weighted by Crippen LogP contribution is -2.12. The molecule has 0 saturated carbocycles. The van der Waals surface area contributed by atoms with Gasteiger partial charge in [-0.2, -0.15) is 0 Å². The van der Waals surface area contributed by atoms with Crippen molar-refractivity contribution in [2.45, 2.75) is 19.8 Å². The first-order chi connectivity index (χ1) is 10.4. The number of hydrogen-bond acceptors (Lipinski definition) is 4. The Labute approximate surface area is 131 Å². The van der Waals surface area contributed by atoms with Crippen molar-refractivity contribution in [1.82, 2.24) is 9.97 Å². The highest BCUT2D eigenvalue weighted by atomic mass is 35.5. The van der Waals surface area contributed by atoms with Crippen LogP contribution in [0, 0.1) is 10.1 Å². The van der Waals surface area contributed by atoms with Crippen molar-refractivity contribution in [2.75, 3.05) is 0 Å². The van der Waals surface area contributed by atoms with E-state index in [0.29, 0.717) is 17.1 Å². The lowest BCUT2D eigenvalue weighted by atomic mass is 10.1. The third-order valence-corrected chi connectivity index (χ3v) is 3.26. The summed E-state index contributed by atoms with van der Waals surface area (Å²) in [5, 5.41) is 10.9. The average Bonchev–Trinajstić information content (AvgIpc) is 2.45. The van der Waals surface area contributed by atoms with Crippen LogP contribution in [0.5, 0.6) is 0 Å². The van der Waals surface area contributed by atoms with E-state index in [-0.39, 0.29) is 22.2 Å². The van der Waals surface area contributed by atoms with Gasteiger partial charge in [0, 0.05) is 18.1 Å². The van der Waals surface area contributed by atoms with Gasteiger partial charge in [0.1, 0.15) is 10.8 Å². The molecule has 0 unspecified atom stereocenters. The van der Waals surface area contributed by atoms with Gasteiger partial charge in [-0.3, -0.25) is 14.9 Å². The number of nitro groups is 1. The number of aromatic nitrogens is 2. The smallest absolute Gasteiger partial charge is 0.288 e. The molecule has 1 N–H and O–H groups in total. The minimum Gasteiger partial charge on any atom is -0.310 e. The van der Waals surface area contributed by atoms with E-state index in [9.17, 15) is 14.9 Å². The summed E-state index contributed by atoms with van der Waals surface area (Å²) in [6, 6.07) is 5.86. The summed E-state index contributed by atoms with van der Waals surface area (Å²) in [6.07, 6.45) is 3.28. The molecule has 0 spiro atoms. The fourth-order valence-electron chi connectivity index (χ4n) is 1.81. The standard InChI is InChI=1S/C15H14ClN3O3/c1-9(2)15-17-11(8-14(20)18-15)5-3-10-4-6-12(16)13(7-10)19(21)22/h3-9H,1-2H3,(H,17,18,20)/b5-3+. The van der Waals surface area contributed by atoms with E-state index in [1.54, 1.807) is 18.2 Å². The summed E-state index contributed by atoms with van der Waals surface area (Å²) in [4.78, 5) is 28.9. The monoisotopic (exact) mass is 319 g/mol. The molecule has 2 aromatic rings. The van der Waals surface area contributed by atoms with Crippen LogP contribution in [0.15, 0.2) is 29.1 Å². The normalized spacial score (nSPS) is 11.3. The topological polar surface area (TPSA) is 88.9 Å². The zero-order chi connectivity index (χ0) is 16.3. The first kappa shape index (κ1) is 15.9. The lowest BCUT2D eigenvalue weighted by Gasteiger charge is -2.04. The first-order valence-corrected chi connectivity index (χ1v) is 6.98. The third kappa shape index (κ3) is 3.79. The van der Waals surface area contributed by atoms with Crippen molar-refractivity contribution < 1.29 is 4.92 Å². The number of benzene rings is 1. The highest BCUT2D eigenvalue weighted by Gasteiger charge is 2.11. The minimum atomic E-state index is -0.540. The number of nitrogens with one attached hydrogen (secondary N) is 1. The molecule has 7 heteroatoms.